The van der Waals surface area contributed by atoms with E-state index in [1.165, 1.54) is 31.2 Å². The predicted molar refractivity (Wildman–Crippen MR) is 134 cm³/mol. The van der Waals surface area contributed by atoms with Crippen LogP contribution in [-0.2, 0) is 16.6 Å². The van der Waals surface area contributed by atoms with E-state index in [1.54, 1.807) is 0 Å². The van der Waals surface area contributed by atoms with Crippen LogP contribution >= 0.6 is 24.0 Å². The van der Waals surface area contributed by atoms with E-state index >= 15 is 0 Å². The van der Waals surface area contributed by atoms with E-state index in [0.717, 1.165) is 38.6 Å². The molecule has 0 aromatic heterocycles. The highest BCUT2D eigenvalue weighted by molar-refractivity contribution is 14.0. The van der Waals surface area contributed by atoms with Gasteiger partial charge in [-0.3, -0.25) is 9.89 Å². The predicted octanol–water partition coefficient (Wildman–Crippen LogP) is 2.11. The van der Waals surface area contributed by atoms with Crippen LogP contribution in [-0.4, -0.2) is 75.7 Å². The third-order valence-corrected chi connectivity index (χ3v) is 6.51. The number of halogens is 1. The molecular weight excluding hydrogens is 513 g/mol. The van der Waals surface area contributed by atoms with Gasteiger partial charge in [0.25, 0.3) is 0 Å². The van der Waals surface area contributed by atoms with Gasteiger partial charge in [-0.05, 0) is 44.2 Å². The second-order valence-electron chi connectivity index (χ2n) is 8.06. The number of hydrogen-bond donors (Lipinski definition) is 2. The summed E-state index contributed by atoms with van der Waals surface area (Å²) in [6.45, 7) is 7.87. The van der Waals surface area contributed by atoms with Crippen molar-refractivity contribution in [3.05, 3.63) is 35.9 Å². The van der Waals surface area contributed by atoms with Crippen molar-refractivity contribution in [2.75, 3.05) is 45.5 Å². The van der Waals surface area contributed by atoms with Crippen molar-refractivity contribution in [3.8, 4) is 0 Å². The highest BCUT2D eigenvalue weighted by atomic mass is 127. The molecule has 0 radical (unpaired) electrons. The molecule has 1 aromatic rings. The van der Waals surface area contributed by atoms with Crippen molar-refractivity contribution in [3.63, 3.8) is 0 Å². The van der Waals surface area contributed by atoms with Gasteiger partial charge in [0, 0.05) is 38.8 Å². The van der Waals surface area contributed by atoms with Gasteiger partial charge in [0.15, 0.2) is 5.96 Å². The maximum Gasteiger partial charge on any atom is 0.208 e. The number of guanidine groups is 1. The molecule has 2 atom stereocenters. The van der Waals surface area contributed by atoms with E-state index in [9.17, 15) is 8.42 Å². The Hall–Kier alpha value is -0.910. The van der Waals surface area contributed by atoms with Crippen molar-refractivity contribution >= 4 is 40.0 Å². The monoisotopic (exact) mass is 549 g/mol. The van der Waals surface area contributed by atoms with E-state index < -0.39 is 10.0 Å². The fourth-order valence-electron chi connectivity index (χ4n) is 4.53. The minimum Gasteiger partial charge on any atom is -0.357 e. The summed E-state index contributed by atoms with van der Waals surface area (Å²) < 4.78 is 25.0. The van der Waals surface area contributed by atoms with Gasteiger partial charge in [-0.1, -0.05) is 30.3 Å². The van der Waals surface area contributed by atoms with Gasteiger partial charge in [-0.15, -0.1) is 24.0 Å². The van der Waals surface area contributed by atoms with Crippen molar-refractivity contribution in [2.45, 2.75) is 38.8 Å². The molecule has 0 saturated carbocycles. The third-order valence-electron chi connectivity index (χ3n) is 5.78. The second-order valence-corrected chi connectivity index (χ2v) is 9.90. The lowest BCUT2D eigenvalue weighted by molar-refractivity contribution is 0.0372. The van der Waals surface area contributed by atoms with Crippen LogP contribution in [0.15, 0.2) is 35.3 Å². The lowest BCUT2D eigenvalue weighted by Gasteiger charge is -2.48. The van der Waals surface area contributed by atoms with Crippen molar-refractivity contribution in [2.24, 2.45) is 10.9 Å². The molecule has 0 bridgehead atoms. The Kier molecular flexibility index (Phi) is 10.3. The molecule has 0 spiro atoms. The molecule has 9 heteroatoms. The zero-order valence-corrected chi connectivity index (χ0v) is 21.2. The van der Waals surface area contributed by atoms with Gasteiger partial charge in [-0.25, -0.2) is 13.1 Å². The average Bonchev–Trinajstić information content (AvgIpc) is 2.70. The van der Waals surface area contributed by atoms with Gasteiger partial charge < -0.3 is 10.2 Å². The fraction of sp³-hybridized carbons (Fsp3) is 0.667. The zero-order valence-electron chi connectivity index (χ0n) is 18.1. The van der Waals surface area contributed by atoms with Gasteiger partial charge in [0.05, 0.1) is 12.8 Å². The Labute approximate surface area is 198 Å². The third kappa shape index (κ3) is 7.65. The van der Waals surface area contributed by atoms with E-state index in [-0.39, 0.29) is 24.0 Å². The highest BCUT2D eigenvalue weighted by Crippen LogP contribution is 2.31. The standard InChI is InChI=1S/C21H35N5O2S.HI/c1-3-22-21(23-12-13-24-29(2,27)28)26-15-11-20-19(17-26)10-7-14-25(20)16-18-8-5-4-6-9-18;/h4-6,8-9,19-20,24H,3,7,10-17H2,1-2H3,(H,22,23);1H. The van der Waals surface area contributed by atoms with E-state index in [4.69, 9.17) is 0 Å². The highest BCUT2D eigenvalue weighted by Gasteiger charge is 2.36. The van der Waals surface area contributed by atoms with Crippen molar-refractivity contribution < 1.29 is 8.42 Å². The SMILES string of the molecule is CCNC(=NCCNS(C)(=O)=O)N1CCC2C(CCCN2Cc2ccccc2)C1.I. The summed E-state index contributed by atoms with van der Waals surface area (Å²) in [4.78, 5) is 9.68. The number of fused-ring (bicyclic) bond motifs is 1. The van der Waals surface area contributed by atoms with Crippen LogP contribution in [0.25, 0.3) is 0 Å². The maximum atomic E-state index is 11.2. The minimum absolute atomic E-state index is 0. The molecule has 2 N–H and O–H groups in total. The van der Waals surface area contributed by atoms with Crippen molar-refractivity contribution in [1.29, 1.82) is 0 Å². The number of benzene rings is 1. The maximum absolute atomic E-state index is 11.2. The molecule has 2 fully saturated rings. The van der Waals surface area contributed by atoms with Crippen LogP contribution in [0.3, 0.4) is 0 Å². The number of aliphatic imine (C=N–C) groups is 1. The summed E-state index contributed by atoms with van der Waals surface area (Å²) in [5.41, 5.74) is 1.39. The Morgan fingerprint density at radius 1 is 1.20 bits per heavy atom. The number of hydrogen-bond acceptors (Lipinski definition) is 4. The van der Waals surface area contributed by atoms with Crippen LogP contribution in [0, 0.1) is 5.92 Å². The first-order valence-corrected chi connectivity index (χ1v) is 12.6. The van der Waals surface area contributed by atoms with Crippen LogP contribution in [0.4, 0.5) is 0 Å². The molecule has 2 aliphatic heterocycles. The molecule has 0 amide bonds. The van der Waals surface area contributed by atoms with Crippen LogP contribution < -0.4 is 10.0 Å². The van der Waals surface area contributed by atoms with Gasteiger partial charge in [-0.2, -0.15) is 0 Å². The number of piperidine rings is 2. The number of sulfonamides is 1. The van der Waals surface area contributed by atoms with Gasteiger partial charge in [0.1, 0.15) is 0 Å². The number of likely N-dealkylation sites (tertiary alicyclic amines) is 2. The molecule has 2 saturated heterocycles. The lowest BCUT2D eigenvalue weighted by atomic mass is 9.83. The van der Waals surface area contributed by atoms with Gasteiger partial charge in [0.2, 0.25) is 10.0 Å². The van der Waals surface area contributed by atoms with Crippen LogP contribution in [0.1, 0.15) is 31.7 Å². The van der Waals surface area contributed by atoms with Gasteiger partial charge >= 0.3 is 0 Å². The molecule has 7 nitrogen and oxygen atoms in total. The molecule has 3 rings (SSSR count). The topological polar surface area (TPSA) is 77.0 Å². The van der Waals surface area contributed by atoms with Crippen LogP contribution in [0.2, 0.25) is 0 Å². The van der Waals surface area contributed by atoms with E-state index in [0.29, 0.717) is 25.0 Å². The van der Waals surface area contributed by atoms with Crippen LogP contribution in [0.5, 0.6) is 0 Å². The number of rotatable bonds is 7. The molecular formula is C21H36IN5O2S. The molecule has 30 heavy (non-hydrogen) atoms. The van der Waals surface area contributed by atoms with E-state index in [2.05, 4.69) is 62.1 Å². The summed E-state index contributed by atoms with van der Waals surface area (Å²) in [6, 6.07) is 11.4. The fourth-order valence-corrected chi connectivity index (χ4v) is 4.99. The summed E-state index contributed by atoms with van der Waals surface area (Å²) in [7, 11) is -3.17. The Morgan fingerprint density at radius 2 is 1.97 bits per heavy atom. The summed E-state index contributed by atoms with van der Waals surface area (Å²) in [5.74, 6) is 1.56. The first kappa shape index (κ1) is 25.4. The molecule has 2 aliphatic rings. The zero-order chi connectivity index (χ0) is 20.7. The summed E-state index contributed by atoms with van der Waals surface area (Å²) in [5, 5.41) is 3.38. The Bertz CT molecular complexity index is 775. The smallest absolute Gasteiger partial charge is 0.208 e. The van der Waals surface area contributed by atoms with Crippen molar-refractivity contribution in [1.82, 2.24) is 19.8 Å². The Morgan fingerprint density at radius 3 is 2.67 bits per heavy atom. The largest absolute Gasteiger partial charge is 0.357 e. The first-order valence-electron chi connectivity index (χ1n) is 10.7. The number of nitrogens with zero attached hydrogens (tertiary/aromatic N) is 3. The summed E-state index contributed by atoms with van der Waals surface area (Å²) in [6.07, 6.45) is 4.83. The normalized spacial score (nSPS) is 22.9. The summed E-state index contributed by atoms with van der Waals surface area (Å²) >= 11 is 0. The molecule has 1 aromatic carbocycles. The van der Waals surface area contributed by atoms with E-state index in [1.807, 2.05) is 0 Å². The molecule has 0 aliphatic carbocycles. The lowest BCUT2D eigenvalue weighted by Crippen LogP contribution is -2.56. The first-order chi connectivity index (χ1) is 14.0. The molecule has 170 valence electrons. The average molecular weight is 550 g/mol. The quantitative estimate of drug-likeness (QED) is 0.236. The number of nitrogens with one attached hydrogen (secondary N) is 2. The molecule has 2 heterocycles. The Balaban J connectivity index is 0.00000320. The second kappa shape index (κ2) is 12.2. The minimum atomic E-state index is -3.17. The molecule has 2 unspecified atom stereocenters.